The molecule has 6 heteroatoms. The maximum Gasteiger partial charge on any atom is 0.386 e. The molecule has 0 aliphatic heterocycles. The molecule has 1 atom stereocenters. The summed E-state index contributed by atoms with van der Waals surface area (Å²) < 4.78 is 15.9. The molecule has 0 aliphatic rings. The second-order valence-electron chi connectivity index (χ2n) is 2.24. The Morgan fingerprint density at radius 2 is 2.33 bits per heavy atom. The van der Waals surface area contributed by atoms with Gasteiger partial charge in [0.05, 0.1) is 6.61 Å². The summed E-state index contributed by atoms with van der Waals surface area (Å²) in [5, 5.41) is 2.89. The summed E-state index contributed by atoms with van der Waals surface area (Å²) in [6.45, 7) is -0.400. The first-order chi connectivity index (χ1) is 5.62. The van der Waals surface area contributed by atoms with E-state index in [2.05, 4.69) is 5.32 Å². The van der Waals surface area contributed by atoms with Gasteiger partial charge in [-0.2, -0.15) is 0 Å². The molecule has 0 saturated heterocycles. The Morgan fingerprint density at radius 1 is 1.67 bits per heavy atom. The topological polar surface area (TPSA) is 58.6 Å². The van der Waals surface area contributed by atoms with Crippen LogP contribution in [0.25, 0.3) is 0 Å². The first kappa shape index (κ1) is 12.5. The molecule has 74 valence electrons. The minimum atomic E-state index is -3.36. The Bertz CT molecular complexity index is 156. The summed E-state index contributed by atoms with van der Waals surface area (Å²) >= 11 is 0.970. The van der Waals surface area contributed by atoms with Gasteiger partial charge in [-0.3, -0.25) is 0 Å². The molecule has 0 saturated carbocycles. The van der Waals surface area contributed by atoms with Crippen LogP contribution >= 0.6 is 18.2 Å². The van der Waals surface area contributed by atoms with Crippen molar-refractivity contribution in [2.75, 3.05) is 26.0 Å². The number of hydrogen-bond acceptors (Lipinski definition) is 4. The third-order valence-electron chi connectivity index (χ3n) is 1.07. The van der Waals surface area contributed by atoms with E-state index >= 15 is 0 Å². The van der Waals surface area contributed by atoms with Crippen LogP contribution in [0.5, 0.6) is 0 Å². The summed E-state index contributed by atoms with van der Waals surface area (Å²) in [5.41, 5.74) is 0. The van der Waals surface area contributed by atoms with Crippen LogP contribution in [0, 0.1) is 0 Å². The second-order valence-corrected chi connectivity index (χ2v) is 6.26. The molecular formula is C6H16NO3PS. The molecule has 0 aliphatic carbocycles. The summed E-state index contributed by atoms with van der Waals surface area (Å²) in [6, 6.07) is 0. The fraction of sp³-hybridized carbons (Fsp3) is 1.00. The van der Waals surface area contributed by atoms with Gasteiger partial charge in [0, 0.05) is 12.3 Å². The van der Waals surface area contributed by atoms with Gasteiger partial charge in [-0.05, 0) is 24.9 Å². The molecule has 0 amide bonds. The van der Waals surface area contributed by atoms with E-state index in [1.165, 1.54) is 0 Å². The maximum atomic E-state index is 11.1. The zero-order valence-corrected chi connectivity index (χ0v) is 9.16. The molecule has 0 aromatic rings. The van der Waals surface area contributed by atoms with E-state index in [9.17, 15) is 4.57 Å². The Labute approximate surface area is 77.4 Å². The van der Waals surface area contributed by atoms with E-state index in [-0.39, 0.29) is 0 Å². The zero-order valence-electron chi connectivity index (χ0n) is 7.45. The highest BCUT2D eigenvalue weighted by molar-refractivity contribution is 8.54. The third-order valence-corrected chi connectivity index (χ3v) is 4.13. The number of rotatable bonds is 7. The molecule has 2 N–H and O–H groups in total. The molecule has 0 aromatic carbocycles. The highest BCUT2D eigenvalue weighted by atomic mass is 32.7. The van der Waals surface area contributed by atoms with Gasteiger partial charge in [-0.25, -0.2) is 4.57 Å². The van der Waals surface area contributed by atoms with Crippen LogP contribution in [0.2, 0.25) is 0 Å². The Balaban J connectivity index is 3.49. The van der Waals surface area contributed by atoms with Crippen LogP contribution in [0.4, 0.5) is 0 Å². The molecule has 0 aromatic heterocycles. The molecule has 4 nitrogen and oxygen atoms in total. The molecule has 0 bridgehead atoms. The van der Waals surface area contributed by atoms with Gasteiger partial charge in [-0.15, -0.1) is 0 Å². The summed E-state index contributed by atoms with van der Waals surface area (Å²) in [6.07, 6.45) is 0.761. The number of hydrogen-bond donors (Lipinski definition) is 2. The van der Waals surface area contributed by atoms with Crippen molar-refractivity contribution in [3.63, 3.8) is 0 Å². The highest BCUT2D eigenvalue weighted by Gasteiger charge is 2.18. The van der Waals surface area contributed by atoms with Crippen molar-refractivity contribution < 1.29 is 14.0 Å². The van der Waals surface area contributed by atoms with E-state index in [4.69, 9.17) is 9.42 Å². The maximum absolute atomic E-state index is 11.1. The smallest absolute Gasteiger partial charge is 0.319 e. The lowest BCUT2D eigenvalue weighted by molar-refractivity contribution is 0.276. The first-order valence-corrected chi connectivity index (χ1v) is 7.05. The van der Waals surface area contributed by atoms with E-state index in [0.717, 1.165) is 17.8 Å². The fourth-order valence-electron chi connectivity index (χ4n) is 0.507. The van der Waals surface area contributed by atoms with Crippen molar-refractivity contribution in [2.45, 2.75) is 13.3 Å². The van der Waals surface area contributed by atoms with Crippen LogP contribution in [0.15, 0.2) is 0 Å². The van der Waals surface area contributed by atoms with Gasteiger partial charge in [0.1, 0.15) is 0 Å². The van der Waals surface area contributed by atoms with E-state index < -0.39 is 6.80 Å². The minimum Gasteiger partial charge on any atom is -0.319 e. The molecule has 0 fully saturated rings. The van der Waals surface area contributed by atoms with Crippen molar-refractivity contribution in [3.05, 3.63) is 0 Å². The van der Waals surface area contributed by atoms with Crippen molar-refractivity contribution in [3.8, 4) is 0 Å². The zero-order chi connectivity index (χ0) is 9.45. The average molecular weight is 213 g/mol. The van der Waals surface area contributed by atoms with Crippen molar-refractivity contribution in [1.29, 1.82) is 0 Å². The largest absolute Gasteiger partial charge is 0.386 e. The Hall–Kier alpha value is 0.460. The van der Waals surface area contributed by atoms with Gasteiger partial charge in [0.25, 0.3) is 0 Å². The van der Waals surface area contributed by atoms with Gasteiger partial charge >= 0.3 is 6.80 Å². The standard InChI is InChI=1S/C6H16NO3PS/c1-3-5-10-11(8,9)12-6-4-7-2/h7H,3-6H2,1-2H3,(H,8,9). The molecule has 12 heavy (non-hydrogen) atoms. The van der Waals surface area contributed by atoms with Crippen molar-refractivity contribution >= 4 is 18.2 Å². The third kappa shape index (κ3) is 7.13. The first-order valence-electron chi connectivity index (χ1n) is 3.89. The van der Waals surface area contributed by atoms with E-state index in [0.29, 0.717) is 18.9 Å². The lowest BCUT2D eigenvalue weighted by Crippen LogP contribution is -2.09. The predicted octanol–water partition coefficient (Wildman–Crippen LogP) is 1.47. The van der Waals surface area contributed by atoms with Crippen LogP contribution in [0.1, 0.15) is 13.3 Å². The van der Waals surface area contributed by atoms with Crippen LogP contribution in [0.3, 0.4) is 0 Å². The summed E-state index contributed by atoms with van der Waals surface area (Å²) in [5.74, 6) is 0.591. The summed E-state index contributed by atoms with van der Waals surface area (Å²) in [4.78, 5) is 9.14. The molecule has 1 unspecified atom stereocenters. The average Bonchev–Trinajstić information content (AvgIpc) is 2.01. The molecular weight excluding hydrogens is 197 g/mol. The van der Waals surface area contributed by atoms with Gasteiger partial charge in [-0.1, -0.05) is 6.92 Å². The quantitative estimate of drug-likeness (QED) is 0.495. The Morgan fingerprint density at radius 3 is 2.83 bits per heavy atom. The monoisotopic (exact) mass is 213 g/mol. The lowest BCUT2D eigenvalue weighted by atomic mass is 10.5. The minimum absolute atomic E-state index is 0.348. The SMILES string of the molecule is CCCOP(=O)(O)SCCNC. The van der Waals surface area contributed by atoms with Crippen LogP contribution < -0.4 is 5.32 Å². The normalized spacial score (nSPS) is 15.9. The lowest BCUT2D eigenvalue weighted by Gasteiger charge is -2.09. The molecule has 0 spiro atoms. The molecule has 0 heterocycles. The molecule has 0 radical (unpaired) electrons. The highest BCUT2D eigenvalue weighted by Crippen LogP contribution is 2.55. The van der Waals surface area contributed by atoms with Gasteiger partial charge < -0.3 is 14.7 Å². The molecule has 0 rings (SSSR count). The van der Waals surface area contributed by atoms with E-state index in [1.807, 2.05) is 6.92 Å². The number of nitrogens with one attached hydrogen (secondary N) is 1. The van der Waals surface area contributed by atoms with E-state index in [1.54, 1.807) is 7.05 Å². The van der Waals surface area contributed by atoms with Crippen molar-refractivity contribution in [1.82, 2.24) is 5.32 Å². The van der Waals surface area contributed by atoms with Crippen molar-refractivity contribution in [2.24, 2.45) is 0 Å². The summed E-state index contributed by atoms with van der Waals surface area (Å²) in [7, 11) is 1.80. The van der Waals surface area contributed by atoms with Gasteiger partial charge in [0.15, 0.2) is 0 Å². The van der Waals surface area contributed by atoms with Gasteiger partial charge in [0.2, 0.25) is 0 Å². The fourth-order valence-corrected chi connectivity index (χ4v) is 2.93. The Kier molecular flexibility index (Phi) is 7.19. The predicted molar refractivity (Wildman–Crippen MR) is 52.5 cm³/mol. The van der Waals surface area contributed by atoms with Crippen LogP contribution in [-0.2, 0) is 9.09 Å². The second kappa shape index (κ2) is 6.92. The van der Waals surface area contributed by atoms with Crippen LogP contribution in [-0.4, -0.2) is 30.8 Å².